The number of aromatic amines is 1. The van der Waals surface area contributed by atoms with Crippen LogP contribution < -0.4 is 5.32 Å². The Morgan fingerprint density at radius 3 is 2.92 bits per heavy atom. The maximum atomic E-state index is 12.2. The van der Waals surface area contributed by atoms with Crippen LogP contribution in [0.25, 0.3) is 16.6 Å². The van der Waals surface area contributed by atoms with Gasteiger partial charge in [-0.25, -0.2) is 4.98 Å². The number of rotatable bonds is 1. The normalized spacial score (nSPS) is 17.7. The fourth-order valence-electron chi connectivity index (χ4n) is 3.64. The largest absolute Gasteiger partial charge is 0.358 e. The molecule has 1 aliphatic rings. The third kappa shape index (κ3) is 1.94. The topological polar surface area (TPSA) is 62.2 Å². The Kier molecular flexibility index (Phi) is 2.76. The minimum atomic E-state index is -0.0349. The van der Waals surface area contributed by atoms with E-state index in [1.807, 2.05) is 36.5 Å². The van der Waals surface area contributed by atoms with Gasteiger partial charge in [0.25, 0.3) is 0 Å². The number of fused-ring (bicyclic) bond motifs is 4. The summed E-state index contributed by atoms with van der Waals surface area (Å²) in [6.45, 7) is 0.479. The molecule has 0 aliphatic carbocycles. The molecule has 0 saturated carbocycles. The van der Waals surface area contributed by atoms with E-state index in [1.165, 1.54) is 0 Å². The van der Waals surface area contributed by atoms with Gasteiger partial charge in [-0.3, -0.25) is 4.79 Å². The van der Waals surface area contributed by atoms with Gasteiger partial charge in [-0.05, 0) is 29.7 Å². The van der Waals surface area contributed by atoms with E-state index in [1.54, 1.807) is 0 Å². The molecule has 2 N–H and O–H groups in total. The second-order valence-electron chi connectivity index (χ2n) is 6.22. The van der Waals surface area contributed by atoms with E-state index in [-0.39, 0.29) is 11.8 Å². The van der Waals surface area contributed by atoms with E-state index in [2.05, 4.69) is 32.9 Å². The number of para-hydroxylation sites is 1. The molecule has 3 aromatic heterocycles. The molecule has 0 radical (unpaired) electrons. The second kappa shape index (κ2) is 4.96. The molecule has 24 heavy (non-hydrogen) atoms. The predicted octanol–water partition coefficient (Wildman–Crippen LogP) is 2.97. The van der Waals surface area contributed by atoms with Crippen molar-refractivity contribution in [1.29, 1.82) is 0 Å². The molecule has 4 heterocycles. The molecule has 5 nitrogen and oxygen atoms in total. The molecule has 1 aliphatic heterocycles. The number of amides is 1. The highest BCUT2D eigenvalue weighted by atomic mass is 16.1. The molecule has 1 atom stereocenters. The number of nitrogens with zero attached hydrogens (tertiary/aromatic N) is 2. The summed E-state index contributed by atoms with van der Waals surface area (Å²) in [5, 5.41) is 4.13. The highest BCUT2D eigenvalue weighted by molar-refractivity contribution is 5.82. The summed E-state index contributed by atoms with van der Waals surface area (Å²) in [6.07, 6.45) is 2.44. The summed E-state index contributed by atoms with van der Waals surface area (Å²) in [5.74, 6) is 0.0219. The molecule has 0 unspecified atom stereocenters. The molecule has 1 amide bonds. The monoisotopic (exact) mass is 316 g/mol. The maximum absolute atomic E-state index is 12.2. The number of hydrogen-bond donors (Lipinski definition) is 2. The number of carbonyl (C=O) groups is 1. The van der Waals surface area contributed by atoms with Gasteiger partial charge >= 0.3 is 0 Å². The highest BCUT2D eigenvalue weighted by Gasteiger charge is 2.29. The summed E-state index contributed by atoms with van der Waals surface area (Å²) >= 11 is 0. The number of H-pyrrole nitrogens is 1. The van der Waals surface area contributed by atoms with Crippen molar-refractivity contribution in [1.82, 2.24) is 19.7 Å². The van der Waals surface area contributed by atoms with Crippen molar-refractivity contribution in [3.8, 4) is 0 Å². The van der Waals surface area contributed by atoms with Crippen LogP contribution in [0.1, 0.15) is 29.4 Å². The number of imidazole rings is 1. The Morgan fingerprint density at radius 2 is 2.00 bits per heavy atom. The first-order chi connectivity index (χ1) is 11.8. The van der Waals surface area contributed by atoms with Crippen molar-refractivity contribution >= 4 is 22.5 Å². The maximum Gasteiger partial charge on any atom is 0.221 e. The average molecular weight is 316 g/mol. The van der Waals surface area contributed by atoms with Gasteiger partial charge in [0.05, 0.1) is 23.9 Å². The summed E-state index contributed by atoms with van der Waals surface area (Å²) in [4.78, 5) is 20.4. The molecular weight excluding hydrogens is 300 g/mol. The first-order valence-electron chi connectivity index (χ1n) is 8.10. The fourth-order valence-corrected chi connectivity index (χ4v) is 3.64. The van der Waals surface area contributed by atoms with Gasteiger partial charge in [-0.15, -0.1) is 0 Å². The molecular formula is C19H16N4O. The highest BCUT2D eigenvalue weighted by Crippen LogP contribution is 2.34. The van der Waals surface area contributed by atoms with Gasteiger partial charge in [0.2, 0.25) is 5.91 Å². The van der Waals surface area contributed by atoms with Gasteiger partial charge in [0.1, 0.15) is 5.65 Å². The lowest BCUT2D eigenvalue weighted by Crippen LogP contribution is -2.21. The Morgan fingerprint density at radius 1 is 1.12 bits per heavy atom. The molecule has 0 saturated heterocycles. The number of pyridine rings is 1. The number of benzene rings is 1. The minimum Gasteiger partial charge on any atom is -0.358 e. The molecule has 5 rings (SSSR count). The molecule has 4 aromatic rings. The summed E-state index contributed by atoms with van der Waals surface area (Å²) in [5.41, 5.74) is 5.10. The van der Waals surface area contributed by atoms with Crippen molar-refractivity contribution in [3.05, 3.63) is 71.8 Å². The van der Waals surface area contributed by atoms with E-state index >= 15 is 0 Å². The van der Waals surface area contributed by atoms with Crippen LogP contribution in [0.3, 0.4) is 0 Å². The smallest absolute Gasteiger partial charge is 0.221 e. The van der Waals surface area contributed by atoms with Crippen molar-refractivity contribution in [2.45, 2.75) is 18.9 Å². The second-order valence-corrected chi connectivity index (χ2v) is 6.22. The molecule has 5 heteroatoms. The lowest BCUT2D eigenvalue weighted by atomic mass is 9.96. The van der Waals surface area contributed by atoms with Crippen LogP contribution in [-0.4, -0.2) is 20.3 Å². The Labute approximate surface area is 138 Å². The molecule has 1 aromatic carbocycles. The average Bonchev–Trinajstić information content (AvgIpc) is 3.15. The zero-order chi connectivity index (χ0) is 16.1. The SMILES string of the molecule is O=C1C[C@@H](c2cc3ccccc3[nH]2)c2c(nc3ccccn23)CN1. The summed E-state index contributed by atoms with van der Waals surface area (Å²) < 4.78 is 2.10. The van der Waals surface area contributed by atoms with Gasteiger partial charge in [-0.2, -0.15) is 0 Å². The zero-order valence-corrected chi connectivity index (χ0v) is 13.0. The van der Waals surface area contributed by atoms with Crippen molar-refractivity contribution in [2.24, 2.45) is 0 Å². The summed E-state index contributed by atoms with van der Waals surface area (Å²) in [7, 11) is 0. The standard InChI is InChI=1S/C19H16N4O/c24-18-10-13(15-9-12-5-1-2-6-14(12)21-15)19-16(11-20-18)22-17-7-3-4-8-23(17)19/h1-9,13,21H,10-11H2,(H,20,24)/t13-/m0/s1. The quantitative estimate of drug-likeness (QED) is 0.567. The Balaban J connectivity index is 1.76. The summed E-state index contributed by atoms with van der Waals surface area (Å²) in [6, 6.07) is 16.3. The zero-order valence-electron chi connectivity index (χ0n) is 13.0. The molecule has 0 bridgehead atoms. The van der Waals surface area contributed by atoms with Crippen LogP contribution in [-0.2, 0) is 11.3 Å². The first-order valence-corrected chi connectivity index (χ1v) is 8.10. The number of aromatic nitrogens is 3. The van der Waals surface area contributed by atoms with Crippen LogP contribution in [0, 0.1) is 0 Å². The van der Waals surface area contributed by atoms with E-state index in [9.17, 15) is 4.79 Å². The third-order valence-corrected chi connectivity index (χ3v) is 4.74. The predicted molar refractivity (Wildman–Crippen MR) is 91.8 cm³/mol. The lowest BCUT2D eigenvalue weighted by Gasteiger charge is -2.13. The van der Waals surface area contributed by atoms with E-state index in [0.29, 0.717) is 13.0 Å². The molecule has 0 fully saturated rings. The minimum absolute atomic E-state index is 0.0349. The lowest BCUT2D eigenvalue weighted by molar-refractivity contribution is -0.121. The van der Waals surface area contributed by atoms with Gasteiger partial charge in [-0.1, -0.05) is 24.3 Å². The van der Waals surface area contributed by atoms with E-state index in [4.69, 9.17) is 4.98 Å². The van der Waals surface area contributed by atoms with Crippen LogP contribution in [0.2, 0.25) is 0 Å². The third-order valence-electron chi connectivity index (χ3n) is 4.74. The number of hydrogen-bond acceptors (Lipinski definition) is 2. The molecule has 0 spiro atoms. The first kappa shape index (κ1) is 13.4. The van der Waals surface area contributed by atoms with E-state index in [0.717, 1.165) is 33.6 Å². The van der Waals surface area contributed by atoms with E-state index < -0.39 is 0 Å². The Hall–Kier alpha value is -3.08. The van der Waals surface area contributed by atoms with Crippen LogP contribution in [0.15, 0.2) is 54.7 Å². The molecule has 118 valence electrons. The van der Waals surface area contributed by atoms with Gasteiger partial charge < -0.3 is 14.7 Å². The van der Waals surface area contributed by atoms with Crippen LogP contribution >= 0.6 is 0 Å². The van der Waals surface area contributed by atoms with Crippen LogP contribution in [0.5, 0.6) is 0 Å². The Bertz CT molecular complexity index is 1040. The van der Waals surface area contributed by atoms with Gasteiger partial charge in [0, 0.05) is 23.8 Å². The van der Waals surface area contributed by atoms with Crippen molar-refractivity contribution < 1.29 is 4.79 Å². The van der Waals surface area contributed by atoms with Crippen molar-refractivity contribution in [3.63, 3.8) is 0 Å². The number of carbonyl (C=O) groups excluding carboxylic acids is 1. The fraction of sp³-hybridized carbons (Fsp3) is 0.158. The number of nitrogens with one attached hydrogen (secondary N) is 2. The van der Waals surface area contributed by atoms with Crippen LogP contribution in [0.4, 0.5) is 0 Å². The van der Waals surface area contributed by atoms with Crippen molar-refractivity contribution in [2.75, 3.05) is 0 Å². The van der Waals surface area contributed by atoms with Gasteiger partial charge in [0.15, 0.2) is 0 Å².